The van der Waals surface area contributed by atoms with E-state index in [9.17, 15) is 4.79 Å². The van der Waals surface area contributed by atoms with Crippen molar-refractivity contribution >= 4 is 17.2 Å². The zero-order valence-corrected chi connectivity index (χ0v) is 17.6. The third-order valence-corrected chi connectivity index (χ3v) is 5.14. The van der Waals surface area contributed by atoms with Gasteiger partial charge in [0.2, 0.25) is 11.8 Å². The van der Waals surface area contributed by atoms with Gasteiger partial charge in [-0.25, -0.2) is 4.98 Å². The highest BCUT2D eigenvalue weighted by Crippen LogP contribution is 2.26. The second-order valence-corrected chi connectivity index (χ2v) is 7.47. The number of ether oxygens (including phenoxy) is 2. The minimum absolute atomic E-state index is 0.0857. The van der Waals surface area contributed by atoms with Gasteiger partial charge in [0.05, 0.1) is 36.8 Å². The Labute approximate surface area is 174 Å². The van der Waals surface area contributed by atoms with Gasteiger partial charge < -0.3 is 19.2 Å². The van der Waals surface area contributed by atoms with Crippen LogP contribution in [0.5, 0.6) is 0 Å². The van der Waals surface area contributed by atoms with Crippen molar-refractivity contribution in [2.75, 3.05) is 19.8 Å². The molecule has 0 aliphatic heterocycles. The summed E-state index contributed by atoms with van der Waals surface area (Å²) in [7, 11) is 0. The first-order valence-electron chi connectivity index (χ1n) is 9.66. The maximum absolute atomic E-state index is 12.4. The van der Waals surface area contributed by atoms with E-state index in [1.165, 1.54) is 0 Å². The molecule has 29 heavy (non-hydrogen) atoms. The lowest BCUT2D eigenvalue weighted by Crippen LogP contribution is -2.25. The number of hydrogen-bond donors (Lipinski definition) is 1. The summed E-state index contributed by atoms with van der Waals surface area (Å²) in [5.41, 5.74) is 2.77. The fourth-order valence-corrected chi connectivity index (χ4v) is 3.44. The van der Waals surface area contributed by atoms with Crippen LogP contribution < -0.4 is 5.32 Å². The first-order valence-corrected chi connectivity index (χ1v) is 10.5. The molecule has 0 saturated heterocycles. The first kappa shape index (κ1) is 21.2. The number of aryl methyl sites for hydroxylation is 1. The van der Waals surface area contributed by atoms with E-state index in [0.717, 1.165) is 16.0 Å². The van der Waals surface area contributed by atoms with E-state index in [1.54, 1.807) is 11.3 Å². The van der Waals surface area contributed by atoms with Crippen LogP contribution in [0, 0.1) is 6.92 Å². The van der Waals surface area contributed by atoms with Crippen LogP contribution in [-0.4, -0.2) is 30.7 Å². The SMILES string of the molecule is CCOCCOCc1cccc(CNC(=O)Cc2nc(-c3cccs3)oc2C)c1. The summed E-state index contributed by atoms with van der Waals surface area (Å²) in [6, 6.07) is 11.9. The Kier molecular flexibility index (Phi) is 7.98. The van der Waals surface area contributed by atoms with E-state index in [-0.39, 0.29) is 12.3 Å². The molecule has 154 valence electrons. The molecule has 6 nitrogen and oxygen atoms in total. The second-order valence-electron chi connectivity index (χ2n) is 6.52. The maximum Gasteiger partial charge on any atom is 0.236 e. The summed E-state index contributed by atoms with van der Waals surface area (Å²) < 4.78 is 16.6. The number of carbonyl (C=O) groups excluding carboxylic acids is 1. The molecule has 0 unspecified atom stereocenters. The smallest absolute Gasteiger partial charge is 0.236 e. The Balaban J connectivity index is 1.48. The molecule has 0 radical (unpaired) electrons. The maximum atomic E-state index is 12.4. The van der Waals surface area contributed by atoms with E-state index in [2.05, 4.69) is 10.3 Å². The predicted octanol–water partition coefficient (Wildman–Crippen LogP) is 4.12. The van der Waals surface area contributed by atoms with Crippen molar-refractivity contribution in [2.45, 2.75) is 33.4 Å². The van der Waals surface area contributed by atoms with Gasteiger partial charge in [-0.15, -0.1) is 11.3 Å². The molecule has 0 bridgehead atoms. The molecule has 1 N–H and O–H groups in total. The number of benzene rings is 1. The number of rotatable bonds is 11. The molecule has 3 aromatic rings. The van der Waals surface area contributed by atoms with E-state index >= 15 is 0 Å². The van der Waals surface area contributed by atoms with Crippen LogP contribution in [-0.2, 0) is 33.8 Å². The van der Waals surface area contributed by atoms with E-state index in [0.29, 0.717) is 50.3 Å². The third-order valence-electron chi connectivity index (χ3n) is 4.28. The van der Waals surface area contributed by atoms with Gasteiger partial charge in [0.1, 0.15) is 5.76 Å². The topological polar surface area (TPSA) is 73.6 Å². The molecule has 2 aromatic heterocycles. The number of oxazole rings is 1. The molecule has 0 aliphatic carbocycles. The van der Waals surface area contributed by atoms with Gasteiger partial charge >= 0.3 is 0 Å². The van der Waals surface area contributed by atoms with Crippen molar-refractivity contribution in [1.29, 1.82) is 0 Å². The number of carbonyl (C=O) groups is 1. The van der Waals surface area contributed by atoms with Crippen LogP contribution >= 0.6 is 11.3 Å². The molecule has 0 spiro atoms. The van der Waals surface area contributed by atoms with E-state index in [4.69, 9.17) is 13.9 Å². The summed E-state index contributed by atoms with van der Waals surface area (Å²) in [6.45, 7) is 6.65. The van der Waals surface area contributed by atoms with Gasteiger partial charge in [0.15, 0.2) is 0 Å². The summed E-state index contributed by atoms with van der Waals surface area (Å²) in [6.07, 6.45) is 0.195. The summed E-state index contributed by atoms with van der Waals surface area (Å²) in [5, 5.41) is 4.92. The normalized spacial score (nSPS) is 11.0. The minimum atomic E-state index is -0.0857. The fourth-order valence-electron chi connectivity index (χ4n) is 2.79. The molecule has 0 atom stereocenters. The Morgan fingerprint density at radius 3 is 2.79 bits per heavy atom. The quantitative estimate of drug-likeness (QED) is 0.478. The Bertz CT molecular complexity index is 905. The summed E-state index contributed by atoms with van der Waals surface area (Å²) in [4.78, 5) is 17.8. The van der Waals surface area contributed by atoms with Gasteiger partial charge in [-0.3, -0.25) is 4.79 Å². The standard InChI is InChI=1S/C22H26N2O4S/c1-3-26-9-10-27-15-18-7-4-6-17(12-18)14-23-21(25)13-19-16(2)28-22(24-19)20-8-5-11-29-20/h4-8,11-12H,3,9-10,13-15H2,1-2H3,(H,23,25). The van der Waals surface area contributed by atoms with Crippen LogP contribution in [0.3, 0.4) is 0 Å². The Hall–Kier alpha value is -2.48. The largest absolute Gasteiger partial charge is 0.440 e. The van der Waals surface area contributed by atoms with Crippen molar-refractivity contribution in [3.63, 3.8) is 0 Å². The molecule has 0 aliphatic rings. The lowest BCUT2D eigenvalue weighted by atomic mass is 10.1. The molecular formula is C22H26N2O4S. The average Bonchev–Trinajstić information content (AvgIpc) is 3.37. The van der Waals surface area contributed by atoms with Crippen molar-refractivity contribution in [1.82, 2.24) is 10.3 Å². The van der Waals surface area contributed by atoms with Crippen LogP contribution in [0.1, 0.15) is 29.5 Å². The van der Waals surface area contributed by atoms with Gasteiger partial charge in [-0.1, -0.05) is 30.3 Å². The molecule has 3 rings (SSSR count). The lowest BCUT2D eigenvalue weighted by molar-refractivity contribution is -0.120. The highest BCUT2D eigenvalue weighted by molar-refractivity contribution is 7.13. The van der Waals surface area contributed by atoms with Gasteiger partial charge in [0.25, 0.3) is 0 Å². The molecular weight excluding hydrogens is 388 g/mol. The van der Waals surface area contributed by atoms with Crippen molar-refractivity contribution < 1.29 is 18.7 Å². The molecule has 0 fully saturated rings. The number of hydrogen-bond acceptors (Lipinski definition) is 6. The molecule has 7 heteroatoms. The summed E-state index contributed by atoms with van der Waals surface area (Å²) in [5.74, 6) is 1.16. The van der Waals surface area contributed by atoms with Crippen molar-refractivity contribution in [2.24, 2.45) is 0 Å². The lowest BCUT2D eigenvalue weighted by Gasteiger charge is -2.08. The summed E-state index contributed by atoms with van der Waals surface area (Å²) >= 11 is 1.56. The monoisotopic (exact) mass is 414 g/mol. The van der Waals surface area contributed by atoms with E-state index in [1.807, 2.05) is 55.6 Å². The van der Waals surface area contributed by atoms with Crippen molar-refractivity contribution in [3.8, 4) is 10.8 Å². The fraction of sp³-hybridized carbons (Fsp3) is 0.364. The predicted molar refractivity (Wildman–Crippen MR) is 113 cm³/mol. The molecule has 0 saturated carbocycles. The minimum Gasteiger partial charge on any atom is -0.440 e. The number of aromatic nitrogens is 1. The Morgan fingerprint density at radius 1 is 1.17 bits per heavy atom. The van der Waals surface area contributed by atoms with Crippen LogP contribution in [0.25, 0.3) is 10.8 Å². The molecule has 2 heterocycles. The number of nitrogens with one attached hydrogen (secondary N) is 1. The Morgan fingerprint density at radius 2 is 2.00 bits per heavy atom. The zero-order valence-electron chi connectivity index (χ0n) is 16.8. The second kappa shape index (κ2) is 10.9. The highest BCUT2D eigenvalue weighted by Gasteiger charge is 2.15. The van der Waals surface area contributed by atoms with Gasteiger partial charge in [0, 0.05) is 13.2 Å². The number of nitrogens with zero attached hydrogens (tertiary/aromatic N) is 1. The third kappa shape index (κ3) is 6.52. The van der Waals surface area contributed by atoms with Crippen LogP contribution in [0.4, 0.5) is 0 Å². The van der Waals surface area contributed by atoms with Gasteiger partial charge in [-0.05, 0) is 36.4 Å². The first-order chi connectivity index (χ1) is 14.2. The van der Waals surface area contributed by atoms with Crippen molar-refractivity contribution in [3.05, 3.63) is 64.4 Å². The van der Waals surface area contributed by atoms with Crippen LogP contribution in [0.15, 0.2) is 46.2 Å². The number of amides is 1. The molecule has 1 amide bonds. The van der Waals surface area contributed by atoms with Crippen LogP contribution in [0.2, 0.25) is 0 Å². The number of thiophene rings is 1. The highest BCUT2D eigenvalue weighted by atomic mass is 32.1. The molecule has 1 aromatic carbocycles. The average molecular weight is 415 g/mol. The van der Waals surface area contributed by atoms with Gasteiger partial charge in [-0.2, -0.15) is 0 Å². The zero-order chi connectivity index (χ0) is 20.5. The van der Waals surface area contributed by atoms with E-state index < -0.39 is 0 Å².